The monoisotopic (exact) mass is 132 g/mol. The van der Waals surface area contributed by atoms with Crippen molar-refractivity contribution in [3.8, 4) is 0 Å². The molecular formula is C6H14NO2. The molecule has 55 valence electrons. The molecule has 0 fully saturated rings. The third-order valence-corrected chi connectivity index (χ3v) is 1.25. The summed E-state index contributed by atoms with van der Waals surface area (Å²) in [6.45, 7) is 1.61. The number of aliphatic hydroxyl groups excluding tert-OH is 1. The summed E-state index contributed by atoms with van der Waals surface area (Å²) in [4.78, 5) is 0. The van der Waals surface area contributed by atoms with Crippen molar-refractivity contribution < 1.29 is 10.2 Å². The minimum Gasteiger partial charge on any atom is -0.392 e. The van der Waals surface area contributed by atoms with Gasteiger partial charge in [-0.05, 0) is 19.8 Å². The second-order valence-electron chi connectivity index (χ2n) is 2.27. The van der Waals surface area contributed by atoms with E-state index in [1.165, 1.54) is 0 Å². The van der Waals surface area contributed by atoms with Crippen LogP contribution in [0, 0.1) is 0 Å². The smallest absolute Gasteiger partial charge is 0.0823 e. The van der Waals surface area contributed by atoms with Crippen molar-refractivity contribution in [2.45, 2.75) is 31.9 Å². The molecule has 0 saturated carbocycles. The van der Waals surface area contributed by atoms with E-state index in [4.69, 9.17) is 10.8 Å². The zero-order valence-electron chi connectivity index (χ0n) is 5.71. The van der Waals surface area contributed by atoms with E-state index in [1.54, 1.807) is 6.92 Å². The highest BCUT2D eigenvalue weighted by Gasteiger charge is 2.07. The van der Waals surface area contributed by atoms with Crippen LogP contribution in [0.2, 0.25) is 0 Å². The van der Waals surface area contributed by atoms with Gasteiger partial charge in [0.15, 0.2) is 0 Å². The fourth-order valence-electron chi connectivity index (χ4n) is 0.555. The number of hydrogen-bond donors (Lipinski definition) is 2. The molecule has 0 aromatic carbocycles. The van der Waals surface area contributed by atoms with Crippen LogP contribution in [0.3, 0.4) is 0 Å². The van der Waals surface area contributed by atoms with Gasteiger partial charge in [-0.15, -0.1) is 0 Å². The molecule has 0 amide bonds. The van der Waals surface area contributed by atoms with Crippen LogP contribution >= 0.6 is 0 Å². The highest BCUT2D eigenvalue weighted by Crippen LogP contribution is 1.98. The topological polar surface area (TPSA) is 66.2 Å². The summed E-state index contributed by atoms with van der Waals surface area (Å²) >= 11 is 0. The first kappa shape index (κ1) is 8.88. The van der Waals surface area contributed by atoms with E-state index in [2.05, 4.69) is 0 Å². The molecule has 0 spiro atoms. The normalized spacial score (nSPS) is 17.3. The zero-order chi connectivity index (χ0) is 7.28. The summed E-state index contributed by atoms with van der Waals surface area (Å²) in [5.74, 6) is 0. The van der Waals surface area contributed by atoms with Crippen LogP contribution < -0.4 is 5.73 Å². The molecule has 0 aliphatic rings. The van der Waals surface area contributed by atoms with E-state index in [-0.39, 0.29) is 12.6 Å². The standard InChI is InChI=1S/C6H14NO2/c1-5(7)6(9)3-2-4-8/h5-6,9H,2-4,7H2,1H3. The molecule has 3 N–H and O–H groups in total. The van der Waals surface area contributed by atoms with E-state index in [1.807, 2.05) is 0 Å². The Morgan fingerprint density at radius 3 is 2.56 bits per heavy atom. The van der Waals surface area contributed by atoms with Crippen LogP contribution in [0.25, 0.3) is 0 Å². The third kappa shape index (κ3) is 4.39. The SMILES string of the molecule is CC(N)C(O)CCC[O]. The van der Waals surface area contributed by atoms with Gasteiger partial charge in [-0.1, -0.05) is 0 Å². The van der Waals surface area contributed by atoms with Gasteiger partial charge in [0, 0.05) is 6.04 Å². The Balaban J connectivity index is 3.16. The zero-order valence-corrected chi connectivity index (χ0v) is 5.71. The maximum absolute atomic E-state index is 9.90. The summed E-state index contributed by atoms with van der Waals surface area (Å²) < 4.78 is 0. The van der Waals surface area contributed by atoms with Crippen LogP contribution in [0.1, 0.15) is 19.8 Å². The summed E-state index contributed by atoms with van der Waals surface area (Å²) in [6, 6.07) is -0.212. The number of nitrogens with two attached hydrogens (primary N) is 1. The molecule has 0 heterocycles. The summed E-state index contributed by atoms with van der Waals surface area (Å²) in [5.41, 5.74) is 5.32. The highest BCUT2D eigenvalue weighted by atomic mass is 16.3. The van der Waals surface area contributed by atoms with Crippen molar-refractivity contribution in [1.82, 2.24) is 0 Å². The second-order valence-corrected chi connectivity index (χ2v) is 2.27. The lowest BCUT2D eigenvalue weighted by atomic mass is 10.1. The predicted octanol–water partition coefficient (Wildman–Crippen LogP) is -0.0948. The Kier molecular flexibility index (Phi) is 4.67. The van der Waals surface area contributed by atoms with Crippen molar-refractivity contribution in [3.05, 3.63) is 0 Å². The molecule has 1 radical (unpaired) electrons. The van der Waals surface area contributed by atoms with Gasteiger partial charge in [-0.25, -0.2) is 5.11 Å². The van der Waals surface area contributed by atoms with E-state index in [0.29, 0.717) is 12.8 Å². The Morgan fingerprint density at radius 2 is 2.22 bits per heavy atom. The first-order valence-corrected chi connectivity index (χ1v) is 3.20. The maximum Gasteiger partial charge on any atom is 0.0823 e. The van der Waals surface area contributed by atoms with Crippen molar-refractivity contribution in [1.29, 1.82) is 0 Å². The van der Waals surface area contributed by atoms with Crippen LogP contribution in [-0.4, -0.2) is 23.9 Å². The van der Waals surface area contributed by atoms with Crippen molar-refractivity contribution in [2.24, 2.45) is 5.73 Å². The molecule has 0 aromatic rings. The highest BCUT2D eigenvalue weighted by molar-refractivity contribution is 4.65. The van der Waals surface area contributed by atoms with E-state index >= 15 is 0 Å². The van der Waals surface area contributed by atoms with Crippen LogP contribution in [-0.2, 0) is 5.11 Å². The average molecular weight is 132 g/mol. The summed E-state index contributed by atoms with van der Waals surface area (Å²) in [5, 5.41) is 18.9. The largest absolute Gasteiger partial charge is 0.392 e. The molecule has 9 heavy (non-hydrogen) atoms. The number of hydrogen-bond acceptors (Lipinski definition) is 2. The molecule has 0 bridgehead atoms. The fourth-order valence-corrected chi connectivity index (χ4v) is 0.555. The fraction of sp³-hybridized carbons (Fsp3) is 1.00. The molecule has 2 unspecified atom stereocenters. The van der Waals surface area contributed by atoms with E-state index < -0.39 is 6.10 Å². The minimum absolute atomic E-state index is 0.121. The number of aliphatic hydroxyl groups is 1. The third-order valence-electron chi connectivity index (χ3n) is 1.25. The first-order chi connectivity index (χ1) is 4.18. The second kappa shape index (κ2) is 4.73. The molecule has 0 rings (SSSR count). The van der Waals surface area contributed by atoms with E-state index in [0.717, 1.165) is 0 Å². The quantitative estimate of drug-likeness (QED) is 0.561. The molecule has 0 aliphatic carbocycles. The van der Waals surface area contributed by atoms with Crippen molar-refractivity contribution in [3.63, 3.8) is 0 Å². The van der Waals surface area contributed by atoms with Gasteiger partial charge >= 0.3 is 0 Å². The van der Waals surface area contributed by atoms with Gasteiger partial charge in [0.05, 0.1) is 12.7 Å². The molecule has 3 heteroatoms. The Bertz CT molecular complexity index is 66.1. The van der Waals surface area contributed by atoms with Crippen LogP contribution in [0.4, 0.5) is 0 Å². The lowest BCUT2D eigenvalue weighted by Crippen LogP contribution is -2.31. The summed E-state index contributed by atoms with van der Waals surface area (Å²) in [7, 11) is 0. The van der Waals surface area contributed by atoms with Gasteiger partial charge in [0.25, 0.3) is 0 Å². The Hall–Kier alpha value is -0.120. The Morgan fingerprint density at radius 1 is 1.67 bits per heavy atom. The average Bonchev–Trinajstić information content (AvgIpc) is 1.82. The van der Waals surface area contributed by atoms with Gasteiger partial charge in [0.2, 0.25) is 0 Å². The van der Waals surface area contributed by atoms with Gasteiger partial charge < -0.3 is 10.8 Å². The molecule has 0 saturated heterocycles. The molecular weight excluding hydrogens is 118 g/mol. The predicted molar refractivity (Wildman–Crippen MR) is 34.4 cm³/mol. The van der Waals surface area contributed by atoms with E-state index in [9.17, 15) is 5.11 Å². The molecule has 0 aromatic heterocycles. The van der Waals surface area contributed by atoms with Crippen molar-refractivity contribution >= 4 is 0 Å². The molecule has 3 nitrogen and oxygen atoms in total. The van der Waals surface area contributed by atoms with Gasteiger partial charge in [-0.2, -0.15) is 0 Å². The maximum atomic E-state index is 9.90. The lowest BCUT2D eigenvalue weighted by Gasteiger charge is -2.12. The van der Waals surface area contributed by atoms with Crippen molar-refractivity contribution in [2.75, 3.05) is 6.61 Å². The van der Waals surface area contributed by atoms with Crippen LogP contribution in [0.15, 0.2) is 0 Å². The Labute approximate surface area is 55.5 Å². The minimum atomic E-state index is -0.501. The summed E-state index contributed by atoms with van der Waals surface area (Å²) in [6.07, 6.45) is 0.545. The first-order valence-electron chi connectivity index (χ1n) is 3.20. The molecule has 0 aliphatic heterocycles. The number of rotatable bonds is 4. The van der Waals surface area contributed by atoms with Crippen LogP contribution in [0.5, 0.6) is 0 Å². The van der Waals surface area contributed by atoms with Gasteiger partial charge in [-0.3, -0.25) is 0 Å². The molecule has 2 atom stereocenters. The lowest BCUT2D eigenvalue weighted by molar-refractivity contribution is 0.116. The van der Waals surface area contributed by atoms with Gasteiger partial charge in [0.1, 0.15) is 0 Å².